The van der Waals surface area contributed by atoms with E-state index in [1.165, 1.54) is 4.57 Å². The average molecular weight is 406 g/mol. The normalized spacial score (nSPS) is 10.0. The van der Waals surface area contributed by atoms with Crippen molar-refractivity contribution in [2.24, 2.45) is 0 Å². The van der Waals surface area contributed by atoms with Gasteiger partial charge in [0.15, 0.2) is 0 Å². The molecule has 0 bridgehead atoms. The molecule has 3 aromatic rings. The predicted molar refractivity (Wildman–Crippen MR) is 98.0 cm³/mol. The van der Waals surface area contributed by atoms with Crippen molar-refractivity contribution in [1.82, 2.24) is 4.57 Å². The summed E-state index contributed by atoms with van der Waals surface area (Å²) in [7, 11) is 1.54. The van der Waals surface area contributed by atoms with E-state index in [-0.39, 0.29) is 74.3 Å². The Balaban J connectivity index is 0. The molecular formula is C19H18ClNNa2O4. The van der Waals surface area contributed by atoms with Crippen LogP contribution in [0.4, 0.5) is 0 Å². The Hall–Kier alpha value is -0.790. The molecule has 0 aliphatic carbocycles. The summed E-state index contributed by atoms with van der Waals surface area (Å²) in [5.74, 6) is -0.583. The first-order chi connectivity index (χ1) is 11.9. The van der Waals surface area contributed by atoms with Crippen LogP contribution in [0, 0.1) is 6.92 Å². The van der Waals surface area contributed by atoms with Crippen LogP contribution in [0.5, 0.6) is 5.75 Å². The molecule has 0 saturated carbocycles. The Morgan fingerprint density at radius 3 is 2.33 bits per heavy atom. The molecule has 8 heteroatoms. The molecule has 3 rings (SSSR count). The number of hydrogen-bond donors (Lipinski definition) is 1. The summed E-state index contributed by atoms with van der Waals surface area (Å²) in [5, 5.41) is 10.5. The average Bonchev–Trinajstić information content (AvgIpc) is 2.86. The second-order valence-corrected chi connectivity index (χ2v) is 6.10. The molecule has 0 fully saturated rings. The molecule has 0 aliphatic heterocycles. The number of carbonyl (C=O) groups excluding carboxylic acids is 1. The van der Waals surface area contributed by atoms with Crippen LogP contribution in [0.3, 0.4) is 0 Å². The van der Waals surface area contributed by atoms with Crippen molar-refractivity contribution in [3.8, 4) is 5.75 Å². The fourth-order valence-corrected chi connectivity index (χ4v) is 3.07. The number of fused-ring (bicyclic) bond motifs is 1. The summed E-state index contributed by atoms with van der Waals surface area (Å²) < 4.78 is 6.77. The molecule has 0 aliphatic rings. The number of carbonyl (C=O) groups is 2. The molecule has 27 heavy (non-hydrogen) atoms. The van der Waals surface area contributed by atoms with Crippen molar-refractivity contribution in [1.29, 1.82) is 0 Å². The summed E-state index contributed by atoms with van der Waals surface area (Å²) in [4.78, 5) is 24.3. The van der Waals surface area contributed by atoms with Crippen LogP contribution < -0.4 is 63.9 Å². The SMILES string of the molecule is COc1ccc2c(c1)c(CC(=O)O)c(C)n2C(=O)c1ccc(Cl)cc1.[H-].[H-].[Na+].[Na+]. The van der Waals surface area contributed by atoms with Gasteiger partial charge in [0.05, 0.1) is 19.0 Å². The van der Waals surface area contributed by atoms with Crippen molar-refractivity contribution in [2.75, 3.05) is 7.11 Å². The van der Waals surface area contributed by atoms with Crippen LogP contribution in [0.1, 0.15) is 24.5 Å². The van der Waals surface area contributed by atoms with Gasteiger partial charge in [-0.15, -0.1) is 0 Å². The van der Waals surface area contributed by atoms with E-state index in [9.17, 15) is 14.7 Å². The van der Waals surface area contributed by atoms with E-state index in [0.717, 1.165) is 0 Å². The Kier molecular flexibility index (Phi) is 9.09. The van der Waals surface area contributed by atoms with E-state index in [4.69, 9.17) is 16.3 Å². The number of ether oxygens (including phenoxy) is 1. The standard InChI is InChI=1S/C19H16ClNO4.2Na.2H/c1-11-15(10-18(22)23)16-9-14(25-2)7-8-17(16)21(11)19(24)12-3-5-13(20)6-4-12;;;;/h3-9H,10H2,1-2H3,(H,22,23);;;;/q;2*+1;2*-1. The third kappa shape index (κ3) is 4.98. The van der Waals surface area contributed by atoms with E-state index in [2.05, 4.69) is 0 Å². The van der Waals surface area contributed by atoms with Gasteiger partial charge in [0.2, 0.25) is 0 Å². The molecule has 0 radical (unpaired) electrons. The molecule has 0 atom stereocenters. The predicted octanol–water partition coefficient (Wildman–Crippen LogP) is -1.84. The number of carboxylic acids is 1. The van der Waals surface area contributed by atoms with Crippen LogP contribution in [-0.4, -0.2) is 28.7 Å². The fourth-order valence-electron chi connectivity index (χ4n) is 2.95. The first kappa shape index (κ1) is 24.2. The van der Waals surface area contributed by atoms with Crippen LogP contribution in [0.25, 0.3) is 10.9 Å². The molecule has 1 heterocycles. The summed E-state index contributed by atoms with van der Waals surface area (Å²) in [6.45, 7) is 1.75. The Bertz CT molecular complexity index is 994. The number of carboxylic acid groups (broad SMARTS) is 1. The summed E-state index contributed by atoms with van der Waals surface area (Å²) in [6.07, 6.45) is -0.170. The molecule has 0 spiro atoms. The zero-order chi connectivity index (χ0) is 18.1. The van der Waals surface area contributed by atoms with Crippen molar-refractivity contribution in [3.63, 3.8) is 0 Å². The minimum Gasteiger partial charge on any atom is -1.00 e. The Morgan fingerprint density at radius 2 is 1.78 bits per heavy atom. The number of methoxy groups -OCH3 is 1. The zero-order valence-corrected chi connectivity index (χ0v) is 20.5. The number of benzene rings is 2. The van der Waals surface area contributed by atoms with Gasteiger partial charge in [0.25, 0.3) is 5.91 Å². The molecule has 132 valence electrons. The smallest absolute Gasteiger partial charge is 1.00 e. The van der Waals surface area contributed by atoms with E-state index in [0.29, 0.717) is 38.5 Å². The molecule has 0 unspecified atom stereocenters. The summed E-state index contributed by atoms with van der Waals surface area (Å²) in [5.41, 5.74) is 2.32. The Labute approximate surface area is 209 Å². The van der Waals surface area contributed by atoms with Crippen LogP contribution in [0.2, 0.25) is 5.02 Å². The molecule has 1 N–H and O–H groups in total. The molecule has 1 aromatic heterocycles. The van der Waals surface area contributed by atoms with E-state index in [1.807, 2.05) is 0 Å². The van der Waals surface area contributed by atoms with Crippen LogP contribution in [0.15, 0.2) is 42.5 Å². The quantitative estimate of drug-likeness (QED) is 0.518. The van der Waals surface area contributed by atoms with Crippen LogP contribution in [-0.2, 0) is 11.2 Å². The van der Waals surface area contributed by atoms with E-state index in [1.54, 1.807) is 56.5 Å². The molecule has 2 aromatic carbocycles. The zero-order valence-electron chi connectivity index (χ0n) is 17.7. The van der Waals surface area contributed by atoms with Gasteiger partial charge in [0.1, 0.15) is 5.75 Å². The van der Waals surface area contributed by atoms with Gasteiger partial charge in [-0.05, 0) is 55.0 Å². The monoisotopic (exact) mass is 405 g/mol. The van der Waals surface area contributed by atoms with Gasteiger partial charge in [0, 0.05) is 21.7 Å². The van der Waals surface area contributed by atoms with Crippen molar-refractivity contribution in [2.45, 2.75) is 13.3 Å². The number of rotatable bonds is 4. The molecule has 5 nitrogen and oxygen atoms in total. The van der Waals surface area contributed by atoms with Gasteiger partial charge in [-0.2, -0.15) is 0 Å². The second-order valence-electron chi connectivity index (χ2n) is 5.67. The first-order valence-electron chi connectivity index (χ1n) is 7.62. The topological polar surface area (TPSA) is 68.5 Å². The van der Waals surface area contributed by atoms with Gasteiger partial charge in [-0.3, -0.25) is 14.2 Å². The van der Waals surface area contributed by atoms with Gasteiger partial charge in [-0.1, -0.05) is 11.6 Å². The number of nitrogens with zero attached hydrogens (tertiary/aromatic N) is 1. The third-order valence-electron chi connectivity index (χ3n) is 4.16. The summed E-state index contributed by atoms with van der Waals surface area (Å²) >= 11 is 5.89. The van der Waals surface area contributed by atoms with Crippen LogP contribution >= 0.6 is 11.6 Å². The fraction of sp³-hybridized carbons (Fsp3) is 0.158. The molecule has 0 saturated heterocycles. The molecule has 0 amide bonds. The minimum absolute atomic E-state index is 0. The third-order valence-corrected chi connectivity index (χ3v) is 4.42. The first-order valence-corrected chi connectivity index (χ1v) is 8.00. The number of halogens is 1. The van der Waals surface area contributed by atoms with Crippen molar-refractivity contribution < 1.29 is 81.4 Å². The van der Waals surface area contributed by atoms with E-state index >= 15 is 0 Å². The molecular weight excluding hydrogens is 388 g/mol. The second kappa shape index (κ2) is 10.1. The number of aromatic nitrogens is 1. The van der Waals surface area contributed by atoms with Gasteiger partial charge in [-0.25, -0.2) is 0 Å². The van der Waals surface area contributed by atoms with Gasteiger partial charge >= 0.3 is 65.1 Å². The van der Waals surface area contributed by atoms with E-state index < -0.39 is 5.97 Å². The minimum atomic E-state index is -0.955. The van der Waals surface area contributed by atoms with Crippen molar-refractivity contribution in [3.05, 3.63) is 64.3 Å². The number of hydrogen-bond acceptors (Lipinski definition) is 3. The maximum Gasteiger partial charge on any atom is 1.00 e. The van der Waals surface area contributed by atoms with Crippen molar-refractivity contribution >= 4 is 34.4 Å². The maximum atomic E-state index is 13.0. The largest absolute Gasteiger partial charge is 1.00 e. The Morgan fingerprint density at radius 1 is 1.15 bits per heavy atom. The maximum absolute atomic E-state index is 13.0. The van der Waals surface area contributed by atoms with Gasteiger partial charge < -0.3 is 12.7 Å². The number of aliphatic carboxylic acids is 1. The summed E-state index contributed by atoms with van der Waals surface area (Å²) in [6, 6.07) is 11.9.